The Balaban J connectivity index is 2.26. The van der Waals surface area contributed by atoms with Crippen LogP contribution in [0.4, 0.5) is 0 Å². The smallest absolute Gasteiger partial charge is 0.340 e. The average Bonchev–Trinajstić information content (AvgIpc) is 3.34. The lowest BCUT2D eigenvalue weighted by atomic mass is 9.89. The first-order valence-electron chi connectivity index (χ1n) is 15.6. The molecule has 0 aliphatic carbocycles. The molecule has 1 spiro atoms. The molecular weight excluding hydrogens is 667 g/mol. The number of hydrogen-bond acceptors (Lipinski definition) is 12. The Morgan fingerprint density at radius 3 is 2.09 bits per heavy atom. The number of aryl methyl sites for hydroxylation is 1. The minimum Gasteiger partial charge on any atom is -0.469 e. The van der Waals surface area contributed by atoms with Gasteiger partial charge in [0.1, 0.15) is 12.2 Å². The number of hydrogen-bond donors (Lipinski definition) is 1. The maximum absolute atomic E-state index is 14.1. The number of aromatic nitrogens is 2. The van der Waals surface area contributed by atoms with Crippen molar-refractivity contribution in [3.05, 3.63) is 43.7 Å². The first-order chi connectivity index (χ1) is 21.2. The van der Waals surface area contributed by atoms with E-state index < -0.39 is 73.9 Å². The van der Waals surface area contributed by atoms with E-state index >= 15 is 0 Å². The fraction of sp³-hybridized carbons (Fsp3) is 0.733. The summed E-state index contributed by atoms with van der Waals surface area (Å²) in [5, 5.41) is 0.219. The summed E-state index contributed by atoms with van der Waals surface area (Å²) < 4.78 is 58.0. The van der Waals surface area contributed by atoms with Gasteiger partial charge in [-0.3, -0.25) is 19.0 Å². The molecule has 2 aliphatic rings. The van der Waals surface area contributed by atoms with Gasteiger partial charge in [0.2, 0.25) is 5.91 Å². The zero-order chi connectivity index (χ0) is 36.1. The molecule has 0 unspecified atom stereocenters. The highest BCUT2D eigenvalue weighted by Crippen LogP contribution is 2.52. The standard InChI is InChI=1S/C30H51N3O11SSi2/c1-19-16-32(27(37)33(25(19)36)22(34)14-13-15-23(35)40-8)26-24(43-47(11,12)29(5,6)7)30(20(31)18-45(38,39)44-30)21(42-26)17-41-46(9,10)28(2,3)4/h16,18,21,24,26H,13-15,17,31H2,1-12H3/t21-,24+,26-,30-/m1/s1. The number of esters is 1. The molecule has 4 atom stereocenters. The number of nitrogens with two attached hydrogens (primary N) is 1. The van der Waals surface area contributed by atoms with Crippen LogP contribution in [0.5, 0.6) is 0 Å². The molecule has 2 aliphatic heterocycles. The van der Waals surface area contributed by atoms with Crippen molar-refractivity contribution in [3.63, 3.8) is 0 Å². The zero-order valence-corrected chi connectivity index (χ0v) is 32.4. The largest absolute Gasteiger partial charge is 0.469 e. The minimum absolute atomic E-state index is 0.0408. The van der Waals surface area contributed by atoms with E-state index in [1.165, 1.54) is 20.2 Å². The molecular formula is C30H51N3O11SSi2. The molecule has 1 saturated heterocycles. The third-order valence-electron chi connectivity index (χ3n) is 9.88. The van der Waals surface area contributed by atoms with Gasteiger partial charge in [-0.15, -0.1) is 0 Å². The second-order valence-corrected chi connectivity index (χ2v) is 26.2. The van der Waals surface area contributed by atoms with Crippen molar-refractivity contribution in [2.24, 2.45) is 5.73 Å². The van der Waals surface area contributed by atoms with Gasteiger partial charge in [-0.05, 0) is 49.6 Å². The summed E-state index contributed by atoms with van der Waals surface area (Å²) in [6.07, 6.45) is -2.95. The normalized spacial score (nSPS) is 24.9. The summed E-state index contributed by atoms with van der Waals surface area (Å²) >= 11 is 0. The number of ether oxygens (including phenoxy) is 2. The summed E-state index contributed by atoms with van der Waals surface area (Å²) in [5.74, 6) is -1.36. The number of carbonyl (C=O) groups is 2. The summed E-state index contributed by atoms with van der Waals surface area (Å²) in [6.45, 7) is 21.4. The van der Waals surface area contributed by atoms with Gasteiger partial charge >= 0.3 is 11.7 Å². The molecule has 0 bridgehead atoms. The van der Waals surface area contributed by atoms with Crippen molar-refractivity contribution < 1.29 is 40.5 Å². The van der Waals surface area contributed by atoms with Crippen molar-refractivity contribution in [3.8, 4) is 0 Å². The van der Waals surface area contributed by atoms with Crippen LogP contribution in [-0.4, -0.2) is 77.6 Å². The van der Waals surface area contributed by atoms with Gasteiger partial charge in [0.15, 0.2) is 28.5 Å². The molecule has 14 nitrogen and oxygen atoms in total. The van der Waals surface area contributed by atoms with E-state index in [0.717, 1.165) is 9.98 Å². The molecule has 3 rings (SSSR count). The van der Waals surface area contributed by atoms with Crippen LogP contribution in [0, 0.1) is 6.92 Å². The Hall–Kier alpha value is -2.42. The van der Waals surface area contributed by atoms with Crippen LogP contribution < -0.4 is 17.0 Å². The maximum Gasteiger partial charge on any atom is 0.340 e. The van der Waals surface area contributed by atoms with Gasteiger partial charge in [-0.1, -0.05) is 41.5 Å². The Morgan fingerprint density at radius 1 is 1.02 bits per heavy atom. The lowest BCUT2D eigenvalue weighted by molar-refractivity contribution is -0.140. The molecule has 1 aromatic rings. The fourth-order valence-electron chi connectivity index (χ4n) is 4.91. The van der Waals surface area contributed by atoms with Crippen molar-refractivity contribution in [1.82, 2.24) is 9.13 Å². The highest BCUT2D eigenvalue weighted by Gasteiger charge is 2.67. The van der Waals surface area contributed by atoms with E-state index in [4.69, 9.17) is 23.5 Å². The molecule has 0 amide bonds. The van der Waals surface area contributed by atoms with Gasteiger partial charge < -0.3 is 24.1 Å². The molecule has 0 saturated carbocycles. The first-order valence-corrected chi connectivity index (χ1v) is 22.9. The van der Waals surface area contributed by atoms with Crippen molar-refractivity contribution in [2.45, 2.75) is 128 Å². The van der Waals surface area contributed by atoms with E-state index in [0.29, 0.717) is 4.57 Å². The summed E-state index contributed by atoms with van der Waals surface area (Å²) in [6, 6.07) is 0. The Kier molecular flexibility index (Phi) is 10.9. The van der Waals surface area contributed by atoms with Gasteiger partial charge in [0.05, 0.1) is 24.8 Å². The van der Waals surface area contributed by atoms with Crippen molar-refractivity contribution >= 4 is 38.6 Å². The lowest BCUT2D eigenvalue weighted by Crippen LogP contribution is -2.59. The molecule has 0 aromatic carbocycles. The quantitative estimate of drug-likeness (QED) is 0.211. The fourth-order valence-corrected chi connectivity index (χ4v) is 8.42. The van der Waals surface area contributed by atoms with E-state index in [2.05, 4.69) is 25.5 Å². The molecule has 3 heterocycles. The molecule has 0 radical (unpaired) electrons. The van der Waals surface area contributed by atoms with Gasteiger partial charge in [0, 0.05) is 24.6 Å². The van der Waals surface area contributed by atoms with Crippen LogP contribution in [0.25, 0.3) is 0 Å². The molecule has 17 heteroatoms. The molecule has 1 aromatic heterocycles. The summed E-state index contributed by atoms with van der Waals surface area (Å²) in [7, 11) is -8.34. The minimum atomic E-state index is -4.31. The zero-order valence-electron chi connectivity index (χ0n) is 29.6. The highest BCUT2D eigenvalue weighted by atomic mass is 32.2. The highest BCUT2D eigenvalue weighted by molar-refractivity contribution is 7.90. The molecule has 1 fully saturated rings. The third kappa shape index (κ3) is 7.60. The van der Waals surface area contributed by atoms with Gasteiger partial charge in [-0.2, -0.15) is 13.0 Å². The van der Waals surface area contributed by atoms with Crippen molar-refractivity contribution in [2.75, 3.05) is 13.7 Å². The topological polar surface area (TPSA) is 184 Å². The summed E-state index contributed by atoms with van der Waals surface area (Å²) in [4.78, 5) is 52.1. The molecule has 47 heavy (non-hydrogen) atoms. The van der Waals surface area contributed by atoms with E-state index in [1.54, 1.807) is 0 Å². The Labute approximate surface area is 278 Å². The van der Waals surface area contributed by atoms with Crippen molar-refractivity contribution in [1.29, 1.82) is 0 Å². The van der Waals surface area contributed by atoms with Crippen LogP contribution in [0.15, 0.2) is 26.9 Å². The summed E-state index contributed by atoms with van der Waals surface area (Å²) in [5.41, 5.74) is 2.60. The van der Waals surface area contributed by atoms with Crippen LogP contribution in [0.2, 0.25) is 36.3 Å². The predicted octanol–water partition coefficient (Wildman–Crippen LogP) is 3.51. The van der Waals surface area contributed by atoms with E-state index in [-0.39, 0.29) is 47.2 Å². The van der Waals surface area contributed by atoms with E-state index in [1.807, 2.05) is 47.0 Å². The van der Waals surface area contributed by atoms with Gasteiger partial charge in [0.25, 0.3) is 15.7 Å². The lowest BCUT2D eigenvalue weighted by Gasteiger charge is -2.43. The maximum atomic E-state index is 14.1. The SMILES string of the molecule is COC(=O)CCCC(=O)n1c(=O)c(C)cn([C@@H]2O[C@H](CO[Si](C)(C)C(C)(C)C)[C@@]3(OS(=O)(=O)C=C3N)[C@H]2O[Si](C)(C)C(C)(C)C)c1=O. The molecule has 2 N–H and O–H groups in total. The van der Waals surface area contributed by atoms with Crippen LogP contribution >= 0.6 is 0 Å². The number of carbonyl (C=O) groups excluding carboxylic acids is 2. The third-order valence-corrected chi connectivity index (χ3v) is 19.9. The monoisotopic (exact) mass is 717 g/mol. The number of rotatable bonds is 10. The number of nitrogens with zero attached hydrogens (tertiary/aromatic N) is 2. The first kappa shape index (κ1) is 39.0. The Bertz CT molecular complexity index is 1650. The average molecular weight is 718 g/mol. The second kappa shape index (κ2) is 13.1. The van der Waals surface area contributed by atoms with Crippen LogP contribution in [0.3, 0.4) is 0 Å². The van der Waals surface area contributed by atoms with Gasteiger partial charge in [-0.25, -0.2) is 8.98 Å². The van der Waals surface area contributed by atoms with E-state index in [9.17, 15) is 27.6 Å². The number of methoxy groups -OCH3 is 1. The second-order valence-electron chi connectivity index (χ2n) is 15.3. The Morgan fingerprint density at radius 2 is 1.60 bits per heavy atom. The van der Waals surface area contributed by atoms with Crippen LogP contribution in [0.1, 0.15) is 77.4 Å². The predicted molar refractivity (Wildman–Crippen MR) is 180 cm³/mol. The molecule has 266 valence electrons. The van der Waals surface area contributed by atoms with Crippen LogP contribution in [-0.2, 0) is 37.4 Å².